The van der Waals surface area contributed by atoms with Gasteiger partial charge in [-0.25, -0.2) is 27.3 Å². The van der Waals surface area contributed by atoms with Crippen molar-refractivity contribution in [3.63, 3.8) is 0 Å². The monoisotopic (exact) mass is 320 g/mol. The van der Waals surface area contributed by atoms with Crippen molar-refractivity contribution in [3.05, 3.63) is 21.3 Å². The lowest BCUT2D eigenvalue weighted by atomic mass is 10.3. The number of alkyl halides is 2. The van der Waals surface area contributed by atoms with Crippen LogP contribution in [0.25, 0.3) is 0 Å². The zero-order valence-electron chi connectivity index (χ0n) is 6.92. The number of aromatic nitrogens is 1. The molecular formula is C6H4BrClF2N2O2S. The maximum Gasteiger partial charge on any atom is 0.266 e. The first-order chi connectivity index (χ1) is 6.75. The lowest BCUT2D eigenvalue weighted by Gasteiger charge is -2.08. The minimum atomic E-state index is -4.16. The van der Waals surface area contributed by atoms with Crippen LogP contribution in [0.1, 0.15) is 12.0 Å². The number of hydrogen-bond acceptors (Lipinski definition) is 3. The Kier molecular flexibility index (Phi) is 3.64. The third-order valence-corrected chi connectivity index (χ3v) is 3.68. The summed E-state index contributed by atoms with van der Waals surface area (Å²) in [6.07, 6.45) is -2.11. The molecule has 9 heteroatoms. The predicted octanol–water partition coefficient (Wildman–Crippen LogP) is 2.08. The second kappa shape index (κ2) is 4.28. The van der Waals surface area contributed by atoms with Crippen LogP contribution in [-0.4, -0.2) is 13.4 Å². The molecule has 0 unspecified atom stereocenters. The molecular weight excluding hydrogens is 317 g/mol. The van der Waals surface area contributed by atoms with Gasteiger partial charge in [-0.2, -0.15) is 0 Å². The predicted molar refractivity (Wildman–Crippen MR) is 53.3 cm³/mol. The van der Waals surface area contributed by atoms with Gasteiger partial charge in [-0.1, -0.05) is 11.6 Å². The summed E-state index contributed by atoms with van der Waals surface area (Å²) in [7, 11) is -4.16. The van der Waals surface area contributed by atoms with Gasteiger partial charge in [0, 0.05) is 6.20 Å². The quantitative estimate of drug-likeness (QED) is 0.906. The van der Waals surface area contributed by atoms with Gasteiger partial charge in [-0.3, -0.25) is 0 Å². The molecule has 0 aromatic carbocycles. The second-order valence-corrected chi connectivity index (χ2v) is 5.16. The van der Waals surface area contributed by atoms with Gasteiger partial charge in [-0.05, 0) is 15.9 Å². The van der Waals surface area contributed by atoms with Gasteiger partial charge in [-0.15, -0.1) is 0 Å². The third kappa shape index (κ3) is 2.63. The lowest BCUT2D eigenvalue weighted by molar-refractivity contribution is 0.150. The van der Waals surface area contributed by atoms with E-state index in [1.54, 1.807) is 0 Å². The van der Waals surface area contributed by atoms with Crippen molar-refractivity contribution in [1.29, 1.82) is 0 Å². The highest BCUT2D eigenvalue weighted by Gasteiger charge is 2.24. The summed E-state index contributed by atoms with van der Waals surface area (Å²) in [5.41, 5.74) is -0.643. The van der Waals surface area contributed by atoms with Crippen LogP contribution in [0.5, 0.6) is 0 Å². The van der Waals surface area contributed by atoms with Gasteiger partial charge in [0.25, 0.3) is 16.4 Å². The summed E-state index contributed by atoms with van der Waals surface area (Å²) in [4.78, 5) is 3.37. The fourth-order valence-corrected chi connectivity index (χ4v) is 2.93. The third-order valence-electron chi connectivity index (χ3n) is 1.46. The van der Waals surface area contributed by atoms with E-state index in [9.17, 15) is 17.2 Å². The summed E-state index contributed by atoms with van der Waals surface area (Å²) in [6, 6.07) is 0. The van der Waals surface area contributed by atoms with Crippen molar-refractivity contribution in [1.82, 2.24) is 4.98 Å². The van der Waals surface area contributed by atoms with Gasteiger partial charge in [0.1, 0.15) is 0 Å². The molecule has 0 saturated carbocycles. The van der Waals surface area contributed by atoms with E-state index in [1.165, 1.54) is 0 Å². The van der Waals surface area contributed by atoms with E-state index in [4.69, 9.17) is 16.7 Å². The summed E-state index contributed by atoms with van der Waals surface area (Å²) >= 11 is 8.12. The van der Waals surface area contributed by atoms with Gasteiger partial charge in [0.15, 0.2) is 5.03 Å². The van der Waals surface area contributed by atoms with Gasteiger partial charge in [0.2, 0.25) is 0 Å². The Morgan fingerprint density at radius 2 is 2.07 bits per heavy atom. The smallest absolute Gasteiger partial charge is 0.241 e. The minimum absolute atomic E-state index is 0.329. The molecule has 15 heavy (non-hydrogen) atoms. The van der Waals surface area contributed by atoms with Crippen LogP contribution >= 0.6 is 27.5 Å². The van der Waals surface area contributed by atoms with Crippen LogP contribution in [-0.2, 0) is 10.0 Å². The summed E-state index contributed by atoms with van der Waals surface area (Å²) in [5.74, 6) is 0. The van der Waals surface area contributed by atoms with Crippen molar-refractivity contribution >= 4 is 37.6 Å². The number of pyridine rings is 1. The van der Waals surface area contributed by atoms with Crippen LogP contribution in [0, 0.1) is 0 Å². The highest BCUT2D eigenvalue weighted by atomic mass is 79.9. The Morgan fingerprint density at radius 3 is 2.47 bits per heavy atom. The van der Waals surface area contributed by atoms with Crippen molar-refractivity contribution in [3.8, 4) is 0 Å². The Morgan fingerprint density at radius 1 is 1.53 bits per heavy atom. The van der Waals surface area contributed by atoms with Gasteiger partial charge < -0.3 is 0 Å². The van der Waals surface area contributed by atoms with Crippen molar-refractivity contribution in [2.75, 3.05) is 0 Å². The molecule has 1 aromatic rings. The standard InChI is InChI=1S/C6H4BrClF2N2O2S/c7-4-3(5(9)10)2(8)1-12-6(4)15(11,13)14/h1,5H,(H2,11,13,14). The maximum absolute atomic E-state index is 12.5. The van der Waals surface area contributed by atoms with E-state index < -0.39 is 31.5 Å². The summed E-state index contributed by atoms with van der Waals surface area (Å²) in [6.45, 7) is 0. The normalized spacial score (nSPS) is 12.1. The second-order valence-electron chi connectivity index (χ2n) is 2.48. The first kappa shape index (κ1) is 12.8. The molecule has 0 amide bonds. The average Bonchev–Trinajstić information content (AvgIpc) is 2.00. The molecule has 0 aliphatic carbocycles. The summed E-state index contributed by atoms with van der Waals surface area (Å²) in [5, 5.41) is 3.77. The van der Waals surface area contributed by atoms with Crippen LogP contribution in [0.15, 0.2) is 15.7 Å². The Bertz CT molecular complexity index is 494. The molecule has 1 aromatic heterocycles. The average molecular weight is 322 g/mol. The number of sulfonamides is 1. The Balaban J connectivity index is 3.56. The van der Waals surface area contributed by atoms with Crippen molar-refractivity contribution in [2.24, 2.45) is 5.14 Å². The fourth-order valence-electron chi connectivity index (χ4n) is 0.860. The molecule has 1 heterocycles. The molecule has 1 rings (SSSR count). The van der Waals surface area contributed by atoms with Crippen molar-refractivity contribution < 1.29 is 17.2 Å². The number of nitrogens with two attached hydrogens (primary N) is 1. The minimum Gasteiger partial charge on any atom is -0.241 e. The van der Waals surface area contributed by atoms with Crippen LogP contribution in [0.3, 0.4) is 0 Å². The molecule has 2 N–H and O–H groups in total. The number of nitrogens with zero attached hydrogens (tertiary/aromatic N) is 1. The molecule has 4 nitrogen and oxygen atoms in total. The molecule has 0 aliphatic heterocycles. The largest absolute Gasteiger partial charge is 0.266 e. The highest BCUT2D eigenvalue weighted by Crippen LogP contribution is 2.35. The lowest BCUT2D eigenvalue weighted by Crippen LogP contribution is -2.15. The molecule has 0 fully saturated rings. The summed E-state index contributed by atoms with van der Waals surface area (Å²) < 4.78 is 46.4. The van der Waals surface area contributed by atoms with E-state index in [2.05, 4.69) is 20.9 Å². The zero-order chi connectivity index (χ0) is 11.8. The molecule has 0 bridgehead atoms. The van der Waals surface area contributed by atoms with E-state index in [0.29, 0.717) is 0 Å². The van der Waals surface area contributed by atoms with Crippen LogP contribution in [0.2, 0.25) is 5.02 Å². The number of primary sulfonamides is 1. The molecule has 84 valence electrons. The van der Waals surface area contributed by atoms with Gasteiger partial charge >= 0.3 is 0 Å². The first-order valence-corrected chi connectivity index (χ1v) is 6.11. The van der Waals surface area contributed by atoms with Crippen LogP contribution in [0.4, 0.5) is 8.78 Å². The molecule has 0 radical (unpaired) electrons. The van der Waals surface area contributed by atoms with E-state index in [0.717, 1.165) is 6.20 Å². The Labute approximate surface area is 97.6 Å². The SMILES string of the molecule is NS(=O)(=O)c1ncc(Cl)c(C(F)F)c1Br. The highest BCUT2D eigenvalue weighted by molar-refractivity contribution is 9.10. The van der Waals surface area contributed by atoms with E-state index in [1.807, 2.05) is 0 Å². The molecule has 0 saturated heterocycles. The van der Waals surface area contributed by atoms with E-state index in [-0.39, 0.29) is 5.02 Å². The number of hydrogen-bond donors (Lipinski definition) is 1. The zero-order valence-corrected chi connectivity index (χ0v) is 10.1. The van der Waals surface area contributed by atoms with Gasteiger partial charge in [0.05, 0.1) is 15.1 Å². The topological polar surface area (TPSA) is 73.1 Å². The van der Waals surface area contributed by atoms with Crippen molar-refractivity contribution in [2.45, 2.75) is 11.5 Å². The van der Waals surface area contributed by atoms with E-state index >= 15 is 0 Å². The maximum atomic E-state index is 12.5. The molecule has 0 aliphatic rings. The molecule has 0 atom stereocenters. The Hall–Kier alpha value is -0.310. The first-order valence-electron chi connectivity index (χ1n) is 3.40. The molecule has 0 spiro atoms. The number of rotatable bonds is 2. The van der Waals surface area contributed by atoms with Crippen LogP contribution < -0.4 is 5.14 Å². The fraction of sp³-hybridized carbons (Fsp3) is 0.167. The number of halogens is 4.